The van der Waals surface area contributed by atoms with Crippen molar-refractivity contribution < 1.29 is 19.2 Å². The van der Waals surface area contributed by atoms with Crippen LogP contribution in [0, 0.1) is 17.0 Å². The average molecular weight is 574 g/mol. The summed E-state index contributed by atoms with van der Waals surface area (Å²) in [5.74, 6) is 1.18. The zero-order chi connectivity index (χ0) is 30.2. The number of carbonyl (C=O) groups excluding carboxylic acids is 1. The summed E-state index contributed by atoms with van der Waals surface area (Å²) in [5.41, 5.74) is 3.79. The SMILES string of the molecule is Cc1cc(N(C)CCN(C)C(=O)OC(C)(C)C)c([N+](=O)[O-])cc1Nc1nccc(-c2cn3c4c(cccc24)OCC3)n1. The normalized spacial score (nSPS) is 12.5. The van der Waals surface area contributed by atoms with Crippen LogP contribution in [0.4, 0.5) is 27.8 Å². The van der Waals surface area contributed by atoms with Gasteiger partial charge in [0.15, 0.2) is 0 Å². The lowest BCUT2D eigenvalue weighted by atomic mass is 10.1. The summed E-state index contributed by atoms with van der Waals surface area (Å²) in [6.07, 6.45) is 3.29. The minimum absolute atomic E-state index is 0.0735. The number of nitro benzene ring substituents is 1. The van der Waals surface area contributed by atoms with Crippen LogP contribution in [0.5, 0.6) is 5.75 Å². The standard InChI is InChI=1S/C30H35N7O5/c1-19-16-24(34(5)12-13-35(6)29(38)42-30(2,3)4)25(37(39)40)17-23(19)33-28-31-11-10-22(32-28)21-18-36-14-15-41-26-9-7-8-20(21)27(26)36/h7-11,16-18H,12-15H2,1-6H3,(H,31,32,33). The van der Waals surface area contributed by atoms with Crippen molar-refractivity contribution in [3.63, 3.8) is 0 Å². The summed E-state index contributed by atoms with van der Waals surface area (Å²) in [4.78, 5) is 36.3. The Balaban J connectivity index is 1.37. The van der Waals surface area contributed by atoms with E-state index in [4.69, 9.17) is 14.5 Å². The number of benzene rings is 2. The number of hydrogen-bond acceptors (Lipinski definition) is 9. The fourth-order valence-corrected chi connectivity index (χ4v) is 4.89. The maximum atomic E-state index is 12.3. The summed E-state index contributed by atoms with van der Waals surface area (Å²) in [5, 5.41) is 16.3. The number of amides is 1. The Labute approximate surface area is 244 Å². The fourth-order valence-electron chi connectivity index (χ4n) is 4.89. The molecule has 42 heavy (non-hydrogen) atoms. The highest BCUT2D eigenvalue weighted by atomic mass is 16.6. The molecule has 12 heteroatoms. The molecule has 0 saturated carbocycles. The maximum absolute atomic E-state index is 12.3. The molecule has 0 spiro atoms. The summed E-state index contributed by atoms with van der Waals surface area (Å²) >= 11 is 0. The zero-order valence-corrected chi connectivity index (χ0v) is 24.7. The predicted molar refractivity (Wildman–Crippen MR) is 162 cm³/mol. The van der Waals surface area contributed by atoms with Crippen molar-refractivity contribution in [1.29, 1.82) is 0 Å². The van der Waals surface area contributed by atoms with Crippen LogP contribution in [-0.4, -0.2) is 69.8 Å². The highest BCUT2D eigenvalue weighted by Gasteiger charge is 2.24. The Morgan fingerprint density at radius 3 is 2.74 bits per heavy atom. The average Bonchev–Trinajstić information content (AvgIpc) is 3.32. The molecule has 4 aromatic rings. The number of ether oxygens (including phenoxy) is 2. The van der Waals surface area contributed by atoms with E-state index in [-0.39, 0.29) is 5.69 Å². The molecule has 220 valence electrons. The molecule has 0 fully saturated rings. The van der Waals surface area contributed by atoms with Gasteiger partial charge in [-0.3, -0.25) is 10.1 Å². The van der Waals surface area contributed by atoms with E-state index in [0.717, 1.165) is 40.0 Å². The van der Waals surface area contributed by atoms with Gasteiger partial charge in [0.25, 0.3) is 5.69 Å². The first-order valence-corrected chi connectivity index (χ1v) is 13.7. The Morgan fingerprint density at radius 1 is 1.21 bits per heavy atom. The van der Waals surface area contributed by atoms with E-state index in [9.17, 15) is 14.9 Å². The van der Waals surface area contributed by atoms with E-state index in [1.54, 1.807) is 52.0 Å². The quantitative estimate of drug-likeness (QED) is 0.207. The molecule has 0 aliphatic carbocycles. The Bertz CT molecular complexity index is 1660. The molecule has 1 amide bonds. The molecule has 1 N–H and O–H groups in total. The van der Waals surface area contributed by atoms with Gasteiger partial charge < -0.3 is 29.2 Å². The number of hydrogen-bond donors (Lipinski definition) is 1. The van der Waals surface area contributed by atoms with Crippen LogP contribution in [0.2, 0.25) is 0 Å². The Morgan fingerprint density at radius 2 is 2.00 bits per heavy atom. The van der Waals surface area contributed by atoms with Crippen LogP contribution in [0.25, 0.3) is 22.2 Å². The number of para-hydroxylation sites is 1. The van der Waals surface area contributed by atoms with Gasteiger partial charge in [0.1, 0.15) is 23.6 Å². The van der Waals surface area contributed by atoms with Crippen molar-refractivity contribution in [3.05, 3.63) is 64.5 Å². The lowest BCUT2D eigenvalue weighted by Crippen LogP contribution is -2.38. The monoisotopic (exact) mass is 573 g/mol. The highest BCUT2D eigenvalue weighted by molar-refractivity contribution is 5.98. The molecule has 2 aromatic carbocycles. The van der Waals surface area contributed by atoms with E-state index in [0.29, 0.717) is 37.0 Å². The number of carbonyl (C=O) groups is 1. The third-order valence-electron chi connectivity index (χ3n) is 7.03. The van der Waals surface area contributed by atoms with Crippen molar-refractivity contribution >= 4 is 40.0 Å². The molecular formula is C30H35N7O5. The van der Waals surface area contributed by atoms with E-state index in [1.165, 1.54) is 11.0 Å². The van der Waals surface area contributed by atoms with E-state index in [2.05, 4.69) is 21.1 Å². The maximum Gasteiger partial charge on any atom is 0.410 e. The van der Waals surface area contributed by atoms with Gasteiger partial charge in [-0.2, -0.15) is 0 Å². The van der Waals surface area contributed by atoms with Crippen LogP contribution in [-0.2, 0) is 11.3 Å². The number of nitrogens with zero attached hydrogens (tertiary/aromatic N) is 6. The first-order valence-electron chi connectivity index (χ1n) is 13.7. The van der Waals surface area contributed by atoms with Gasteiger partial charge in [0.2, 0.25) is 5.95 Å². The van der Waals surface area contributed by atoms with Crippen molar-refractivity contribution in [1.82, 2.24) is 19.4 Å². The largest absolute Gasteiger partial charge is 0.490 e. The Hall–Kier alpha value is -4.87. The Kier molecular flexibility index (Phi) is 7.63. The first kappa shape index (κ1) is 28.7. The number of nitro groups is 1. The van der Waals surface area contributed by atoms with Crippen LogP contribution in [0.3, 0.4) is 0 Å². The third kappa shape index (κ3) is 5.92. The second-order valence-electron chi connectivity index (χ2n) is 11.4. The van der Waals surface area contributed by atoms with Gasteiger partial charge in [0.05, 0.1) is 28.4 Å². The van der Waals surface area contributed by atoms with Gasteiger partial charge in [-0.05, 0) is 51.5 Å². The predicted octanol–water partition coefficient (Wildman–Crippen LogP) is 5.75. The van der Waals surface area contributed by atoms with E-state index in [1.807, 2.05) is 31.2 Å². The second-order valence-corrected chi connectivity index (χ2v) is 11.4. The van der Waals surface area contributed by atoms with Crippen LogP contribution in [0.15, 0.2) is 48.8 Å². The topological polar surface area (TPSA) is 128 Å². The number of rotatable bonds is 8. The molecule has 1 aliphatic rings. The minimum atomic E-state index is -0.607. The van der Waals surface area contributed by atoms with Crippen LogP contribution >= 0.6 is 0 Å². The molecule has 12 nitrogen and oxygen atoms in total. The summed E-state index contributed by atoms with van der Waals surface area (Å²) in [6.45, 7) is 9.34. The van der Waals surface area contributed by atoms with Gasteiger partial charge in [-0.1, -0.05) is 12.1 Å². The van der Waals surface area contributed by atoms with Crippen molar-refractivity contribution in [2.75, 3.05) is 44.0 Å². The molecular weight excluding hydrogens is 538 g/mol. The molecule has 0 atom stereocenters. The van der Waals surface area contributed by atoms with Crippen molar-refractivity contribution in [2.45, 2.75) is 39.8 Å². The van der Waals surface area contributed by atoms with Crippen LogP contribution < -0.4 is 15.0 Å². The number of aryl methyl sites for hydroxylation is 1. The molecule has 0 unspecified atom stereocenters. The molecule has 0 bridgehead atoms. The van der Waals surface area contributed by atoms with Gasteiger partial charge in [-0.25, -0.2) is 14.8 Å². The molecule has 1 aliphatic heterocycles. The second kappa shape index (κ2) is 11.2. The number of likely N-dealkylation sites (N-methyl/N-ethyl adjacent to an activating group) is 2. The summed E-state index contributed by atoms with van der Waals surface area (Å²) in [6, 6.07) is 11.1. The lowest BCUT2D eigenvalue weighted by molar-refractivity contribution is -0.384. The first-order chi connectivity index (χ1) is 19.9. The fraction of sp³-hybridized carbons (Fsp3) is 0.367. The number of anilines is 3. The summed E-state index contributed by atoms with van der Waals surface area (Å²) in [7, 11) is 3.40. The smallest absolute Gasteiger partial charge is 0.410 e. The van der Waals surface area contributed by atoms with Gasteiger partial charge >= 0.3 is 6.09 Å². The molecule has 3 heterocycles. The molecule has 0 saturated heterocycles. The van der Waals surface area contributed by atoms with Gasteiger partial charge in [0, 0.05) is 56.6 Å². The van der Waals surface area contributed by atoms with E-state index < -0.39 is 16.6 Å². The van der Waals surface area contributed by atoms with Crippen LogP contribution in [0.1, 0.15) is 26.3 Å². The molecule has 0 radical (unpaired) electrons. The molecule has 5 rings (SSSR count). The van der Waals surface area contributed by atoms with Crippen molar-refractivity contribution in [3.8, 4) is 17.0 Å². The van der Waals surface area contributed by atoms with Crippen molar-refractivity contribution in [2.24, 2.45) is 0 Å². The highest BCUT2D eigenvalue weighted by Crippen LogP contribution is 2.38. The number of aromatic nitrogens is 3. The van der Waals surface area contributed by atoms with E-state index >= 15 is 0 Å². The summed E-state index contributed by atoms with van der Waals surface area (Å²) < 4.78 is 13.4. The minimum Gasteiger partial charge on any atom is -0.490 e. The molecule has 2 aromatic heterocycles. The zero-order valence-electron chi connectivity index (χ0n) is 24.7. The third-order valence-corrected chi connectivity index (χ3v) is 7.03. The van der Waals surface area contributed by atoms with Gasteiger partial charge in [-0.15, -0.1) is 0 Å². The number of nitrogens with one attached hydrogen (secondary N) is 1. The lowest BCUT2D eigenvalue weighted by Gasteiger charge is -2.27.